The van der Waals surface area contributed by atoms with Crippen LogP contribution in [0.3, 0.4) is 0 Å². The number of aldehydes is 1. The number of carbonyl (C=O) groups is 5. The first-order chi connectivity index (χ1) is 51.0. The van der Waals surface area contributed by atoms with E-state index in [1.165, 1.54) is 25.3 Å². The zero-order valence-corrected chi connectivity index (χ0v) is 65.9. The Morgan fingerprint density at radius 1 is 0.509 bits per heavy atom. The second-order valence-corrected chi connectivity index (χ2v) is 26.7. The number of ether oxygens (including phenoxy) is 6. The largest absolute Gasteiger partial charge is 1.00 e. The fraction of sp³-hybridized carbons (Fsp3) is 0.329. The number of benzene rings is 6. The van der Waals surface area contributed by atoms with Crippen molar-refractivity contribution in [2.24, 2.45) is 5.73 Å². The van der Waals surface area contributed by atoms with Crippen molar-refractivity contribution in [3.63, 3.8) is 0 Å². The number of halogens is 1. The zero-order chi connectivity index (χ0) is 76.7. The van der Waals surface area contributed by atoms with Crippen LogP contribution in [0.25, 0.3) is 5.90 Å². The molecule has 0 aliphatic carbocycles. The van der Waals surface area contributed by atoms with Gasteiger partial charge in [0.15, 0.2) is 0 Å². The topological polar surface area (TPSA) is 400 Å². The van der Waals surface area contributed by atoms with Crippen LogP contribution >= 0.6 is 57.8 Å². The molecule has 0 saturated carbocycles. The summed E-state index contributed by atoms with van der Waals surface area (Å²) in [4.78, 5) is 69.6. The van der Waals surface area contributed by atoms with Crippen LogP contribution in [-0.2, 0) is 54.9 Å². The van der Waals surface area contributed by atoms with Crippen LogP contribution < -0.4 is 57.8 Å². The summed E-state index contributed by atoms with van der Waals surface area (Å²) in [7, 11) is 4.76. The maximum atomic E-state index is 12.6. The van der Waals surface area contributed by atoms with Gasteiger partial charge < -0.3 is 87.9 Å². The van der Waals surface area contributed by atoms with E-state index in [1.54, 1.807) is 82.5 Å². The molecule has 4 aliphatic rings. The molecule has 7 heterocycles. The number of nitrogen functional groups attached to an aromatic ring is 3. The number of aromatic nitrogens is 3. The number of methoxy groups -OCH3 is 2. The van der Waals surface area contributed by atoms with Gasteiger partial charge in [-0.15, -0.1) is 45.6 Å². The van der Waals surface area contributed by atoms with E-state index < -0.39 is 5.97 Å². The minimum Gasteiger partial charge on any atom is -0.553 e. The van der Waals surface area contributed by atoms with Gasteiger partial charge in [0, 0.05) is 113 Å². The van der Waals surface area contributed by atoms with Crippen molar-refractivity contribution < 1.29 is 102 Å². The molecular weight excluding hydrogens is 1470 g/mol. The van der Waals surface area contributed by atoms with Gasteiger partial charge in [-0.05, 0) is 146 Å². The number of carbonyl (C=O) groups excluding carboxylic acids is 4. The van der Waals surface area contributed by atoms with E-state index in [0.717, 1.165) is 118 Å². The van der Waals surface area contributed by atoms with Crippen LogP contribution in [-0.4, -0.2) is 158 Å². The number of nitrogens with zero attached hydrogens (tertiary/aromatic N) is 3. The predicted molar refractivity (Wildman–Crippen MR) is 416 cm³/mol. The summed E-state index contributed by atoms with van der Waals surface area (Å²) in [5.41, 5.74) is 31.0. The van der Waals surface area contributed by atoms with Crippen molar-refractivity contribution in [2.45, 2.75) is 73.0 Å². The van der Waals surface area contributed by atoms with Crippen LogP contribution in [0.1, 0.15) is 130 Å². The molecule has 13 rings (SSSR count). The van der Waals surface area contributed by atoms with Gasteiger partial charge in [-0.1, -0.05) is 85.0 Å². The summed E-state index contributed by atoms with van der Waals surface area (Å²) in [5.74, 6) is 3.14. The number of carboxylic acid groups (broad SMARTS) is 1. The van der Waals surface area contributed by atoms with E-state index in [4.69, 9.17) is 102 Å². The predicted octanol–water partition coefficient (Wildman–Crippen LogP) is 9.77. The number of rotatable bonds is 14. The molecule has 6 aromatic carbocycles. The van der Waals surface area contributed by atoms with Gasteiger partial charge in [0.25, 0.3) is 5.91 Å². The van der Waals surface area contributed by atoms with Gasteiger partial charge in [-0.3, -0.25) is 4.79 Å². The number of aliphatic hydroxyl groups is 2. The Bertz CT molecular complexity index is 3990. The SMILES string of the molecule is CO.CO.COC(=O)c1ccc(C2(C(N)=S)CCOCC2)cc1.COC(=O)c1ccc(C2(c3nccs3)CCOCC2)cc1.Nc1ccccc1N.Nc1ccccc1NC(=O)c1ccc(C2(c3nccs3)CCOCC2)cc1.O=C(O)c1ccc(C2(c3nccs3)CCOCC2)cc1.O=CCCl.[NH-]O.[Na+]. The smallest absolute Gasteiger partial charge is 0.553 e. The van der Waals surface area contributed by atoms with Gasteiger partial charge in [0.05, 0.1) is 80.8 Å². The fourth-order valence-corrected chi connectivity index (χ4v) is 15.2. The molecule has 24 nitrogen and oxygen atoms in total. The summed E-state index contributed by atoms with van der Waals surface area (Å²) in [5, 5.41) is 41.4. The van der Waals surface area contributed by atoms with Crippen LogP contribution in [0.5, 0.6) is 0 Å². The maximum Gasteiger partial charge on any atom is 1.00 e. The van der Waals surface area contributed by atoms with E-state index >= 15 is 0 Å². The normalized spacial score (nSPS) is 15.1. The molecule has 0 unspecified atom stereocenters. The number of thiocarbonyl (C=S) groups is 1. The number of anilines is 4. The standard InChI is InChI=1S/C21H21N3O2S.C16H17NO3S.C15H15NO3S.C14H17NO3S.C6H8N2.C2H3ClO.2CH4O.H2NO.Na/c22-17-3-1-2-4-18(17)24-19(25)15-5-7-16(8-6-15)21(9-12-26-13-10-21)20-23-11-14-27-20;1-19-14(18)12-2-4-13(5-3-12)16(6-9-20-10-7-16)15-17-8-11-21-15;17-13(18)11-1-3-12(4-2-11)15(5-8-19-9-6-15)14-16-7-10-20-14;1-17-12(16)10-2-4-11(5-3-10)14(13(15)19)6-8-18-9-7-14;7-5-3-1-2-4-6(5)8;3-1-2-4;3*1-2;/h1-8,11,14H,9-10,12-13,22H2,(H,24,25);2-5,8,11H,6-7,9-10H2,1H3;1-4,7,10H,5-6,8-9H2,(H,17,18);2-5H,6-9H2,1H3,(H2,15,19);1-4H,7-8H2;2H,1H2;2*2H,1H3;1-2H;/q;;;;;;;;-1;+1. The molecule has 106 heavy (non-hydrogen) atoms. The minimum atomic E-state index is -0.896. The third-order valence-corrected chi connectivity index (χ3v) is 21.2. The van der Waals surface area contributed by atoms with Crippen LogP contribution in [0.2, 0.25) is 0 Å². The number of carboxylic acids is 1. The van der Waals surface area contributed by atoms with E-state index in [2.05, 4.69) is 25.0 Å². The van der Waals surface area contributed by atoms with Gasteiger partial charge in [-0.2, -0.15) is 0 Å². The molecule has 30 heteroatoms. The minimum absolute atomic E-state index is 0. The van der Waals surface area contributed by atoms with Crippen molar-refractivity contribution in [3.8, 4) is 0 Å². The van der Waals surface area contributed by atoms with Crippen molar-refractivity contribution >= 4 is 116 Å². The van der Waals surface area contributed by atoms with Gasteiger partial charge in [0.2, 0.25) is 0 Å². The second kappa shape index (κ2) is 47.6. The van der Waals surface area contributed by atoms with Crippen molar-refractivity contribution in [3.05, 3.63) is 246 Å². The Labute approximate surface area is 662 Å². The van der Waals surface area contributed by atoms with E-state index in [1.807, 2.05) is 132 Å². The Kier molecular flexibility index (Phi) is 40.6. The number of nitrogens with two attached hydrogens (primary N) is 4. The number of hydrogen-bond acceptors (Lipinski definition) is 24. The summed E-state index contributed by atoms with van der Waals surface area (Å²) in [6, 6.07) is 44.4. The number of aliphatic hydroxyl groups excluding tert-OH is 2. The molecule has 0 atom stereocenters. The first-order valence-corrected chi connectivity index (χ1v) is 36.6. The monoisotopic (exact) mass is 1560 g/mol. The van der Waals surface area contributed by atoms with Crippen LogP contribution in [0, 0.1) is 0 Å². The van der Waals surface area contributed by atoms with E-state index in [0.29, 0.717) is 82.7 Å². The second-order valence-electron chi connectivity index (χ2n) is 23.2. The molecule has 3 aromatic heterocycles. The number of esters is 2. The fourth-order valence-electron chi connectivity index (χ4n) is 12.1. The molecule has 0 bridgehead atoms. The number of aromatic carboxylic acids is 1. The molecule has 4 fully saturated rings. The first kappa shape index (κ1) is 90.4. The number of para-hydroxylation sites is 4. The van der Waals surface area contributed by atoms with Crippen molar-refractivity contribution in [1.29, 1.82) is 0 Å². The van der Waals surface area contributed by atoms with E-state index in [-0.39, 0.29) is 74.9 Å². The quantitative estimate of drug-likeness (QED) is 0.00929. The molecule has 0 radical (unpaired) electrons. The number of thiazole rings is 3. The molecular formula is C76H91ClN9NaO15S4. The molecule has 9 aromatic rings. The van der Waals surface area contributed by atoms with Gasteiger partial charge in [-0.25, -0.2) is 29.3 Å². The Balaban J connectivity index is 0.000000278. The van der Waals surface area contributed by atoms with Crippen LogP contribution in [0.15, 0.2) is 180 Å². The van der Waals surface area contributed by atoms with Crippen LogP contribution in [0.4, 0.5) is 22.7 Å². The average molecular weight is 1560 g/mol. The van der Waals surface area contributed by atoms with Crippen molar-refractivity contribution in [1.82, 2.24) is 15.0 Å². The van der Waals surface area contributed by atoms with E-state index in [9.17, 15) is 19.2 Å². The molecule has 4 saturated heterocycles. The number of amides is 1. The molecule has 14 N–H and O–H groups in total. The van der Waals surface area contributed by atoms with Gasteiger partial charge >= 0.3 is 47.5 Å². The Hall–Kier alpha value is -7.98. The van der Waals surface area contributed by atoms with Crippen molar-refractivity contribution in [2.75, 3.05) is 110 Å². The summed E-state index contributed by atoms with van der Waals surface area (Å²) in [6.45, 7) is 5.62. The third kappa shape index (κ3) is 24.5. The zero-order valence-electron chi connectivity index (χ0n) is 59.9. The summed E-state index contributed by atoms with van der Waals surface area (Å²) >= 11 is 15.1. The molecule has 0 spiro atoms. The third-order valence-electron chi connectivity index (χ3n) is 17.8. The van der Waals surface area contributed by atoms with Gasteiger partial charge in [0.1, 0.15) is 21.3 Å². The number of hydrogen-bond donors (Lipinski definition) is 9. The maximum absolute atomic E-state index is 12.6. The number of nitrogens with one attached hydrogen (secondary N) is 2. The number of alkyl halides is 1. The molecule has 562 valence electrons. The Morgan fingerprint density at radius 2 is 0.802 bits per heavy atom. The average Bonchev–Trinajstić information content (AvgIpc) is 1.25. The first-order valence-electron chi connectivity index (χ1n) is 33.0. The Morgan fingerprint density at radius 3 is 1.08 bits per heavy atom. The summed E-state index contributed by atoms with van der Waals surface area (Å²) in [6.07, 6.45) is 13.1. The summed E-state index contributed by atoms with van der Waals surface area (Å²) < 4.78 is 31.4. The molecule has 1 amide bonds. The molecule has 4 aliphatic heterocycles.